The summed E-state index contributed by atoms with van der Waals surface area (Å²) in [7, 11) is 1.56. The first-order valence-electron chi connectivity index (χ1n) is 8.16. The SMILES string of the molecule is COc1cc2c(cc1O)CCN1C[C@@H](CC(C)C)C(=O)CC21. The molecule has 22 heavy (non-hydrogen) atoms. The molecule has 4 heteroatoms. The molecule has 0 aliphatic carbocycles. The van der Waals surface area contributed by atoms with Crippen molar-refractivity contribution in [2.24, 2.45) is 11.8 Å². The number of carbonyl (C=O) groups is 1. The average molecular weight is 303 g/mol. The van der Waals surface area contributed by atoms with E-state index in [1.807, 2.05) is 6.07 Å². The van der Waals surface area contributed by atoms with E-state index in [4.69, 9.17) is 4.74 Å². The first kappa shape index (κ1) is 15.3. The zero-order valence-corrected chi connectivity index (χ0v) is 13.6. The summed E-state index contributed by atoms with van der Waals surface area (Å²) >= 11 is 0. The van der Waals surface area contributed by atoms with Crippen molar-refractivity contribution in [3.63, 3.8) is 0 Å². The number of aromatic hydroxyl groups is 1. The summed E-state index contributed by atoms with van der Waals surface area (Å²) in [6.07, 6.45) is 2.48. The zero-order chi connectivity index (χ0) is 15.9. The molecule has 1 aromatic rings. The van der Waals surface area contributed by atoms with Crippen molar-refractivity contribution in [3.8, 4) is 11.5 Å². The van der Waals surface area contributed by atoms with E-state index < -0.39 is 0 Å². The second-order valence-corrected chi connectivity index (χ2v) is 6.98. The first-order valence-corrected chi connectivity index (χ1v) is 8.16. The highest BCUT2D eigenvalue weighted by Gasteiger charge is 2.38. The highest BCUT2D eigenvalue weighted by atomic mass is 16.5. The molecule has 120 valence electrons. The van der Waals surface area contributed by atoms with Gasteiger partial charge in [-0.05, 0) is 42.0 Å². The summed E-state index contributed by atoms with van der Waals surface area (Å²) in [6.45, 7) is 6.19. The molecule has 3 rings (SSSR count). The van der Waals surface area contributed by atoms with Crippen LogP contribution in [0, 0.1) is 11.8 Å². The Morgan fingerprint density at radius 2 is 2.18 bits per heavy atom. The van der Waals surface area contributed by atoms with Gasteiger partial charge in [0.05, 0.1) is 7.11 Å². The van der Waals surface area contributed by atoms with Gasteiger partial charge in [-0.2, -0.15) is 0 Å². The Morgan fingerprint density at radius 3 is 2.86 bits per heavy atom. The summed E-state index contributed by atoms with van der Waals surface area (Å²) in [5.74, 6) is 1.80. The number of phenols is 1. The molecule has 0 radical (unpaired) electrons. The molecular weight excluding hydrogens is 278 g/mol. The maximum absolute atomic E-state index is 12.5. The molecule has 0 bridgehead atoms. The Kier molecular flexibility index (Phi) is 4.13. The van der Waals surface area contributed by atoms with Gasteiger partial charge in [0.15, 0.2) is 11.5 Å². The molecule has 1 aromatic carbocycles. The van der Waals surface area contributed by atoms with Gasteiger partial charge in [0, 0.05) is 31.5 Å². The van der Waals surface area contributed by atoms with Gasteiger partial charge in [-0.25, -0.2) is 0 Å². The van der Waals surface area contributed by atoms with E-state index >= 15 is 0 Å². The lowest BCUT2D eigenvalue weighted by Crippen LogP contribution is -2.46. The summed E-state index contributed by atoms with van der Waals surface area (Å²) in [5.41, 5.74) is 2.30. The third kappa shape index (κ3) is 2.72. The number of benzene rings is 1. The van der Waals surface area contributed by atoms with Gasteiger partial charge in [-0.3, -0.25) is 9.69 Å². The van der Waals surface area contributed by atoms with Crippen LogP contribution in [0.4, 0.5) is 0 Å². The van der Waals surface area contributed by atoms with Crippen LogP contribution in [-0.4, -0.2) is 36.0 Å². The van der Waals surface area contributed by atoms with Crippen molar-refractivity contribution in [2.75, 3.05) is 20.2 Å². The van der Waals surface area contributed by atoms with Crippen molar-refractivity contribution < 1.29 is 14.6 Å². The van der Waals surface area contributed by atoms with E-state index in [0.29, 0.717) is 23.9 Å². The first-order chi connectivity index (χ1) is 10.5. The van der Waals surface area contributed by atoms with Crippen LogP contribution in [0.1, 0.15) is 43.9 Å². The summed E-state index contributed by atoms with van der Waals surface area (Å²) in [6, 6.07) is 3.86. The molecular formula is C18H25NO3. The topological polar surface area (TPSA) is 49.8 Å². The summed E-state index contributed by atoms with van der Waals surface area (Å²) in [4.78, 5) is 14.9. The van der Waals surface area contributed by atoms with Gasteiger partial charge in [-0.15, -0.1) is 0 Å². The van der Waals surface area contributed by atoms with Crippen LogP contribution >= 0.6 is 0 Å². The molecule has 0 amide bonds. The Balaban J connectivity index is 1.88. The summed E-state index contributed by atoms with van der Waals surface area (Å²) < 4.78 is 5.24. The van der Waals surface area contributed by atoms with Crippen molar-refractivity contribution >= 4 is 5.78 Å². The van der Waals surface area contributed by atoms with Gasteiger partial charge in [0.1, 0.15) is 5.78 Å². The Morgan fingerprint density at radius 1 is 1.41 bits per heavy atom. The van der Waals surface area contributed by atoms with Crippen molar-refractivity contribution in [1.29, 1.82) is 0 Å². The lowest BCUT2D eigenvalue weighted by molar-refractivity contribution is -0.129. The Hall–Kier alpha value is -1.55. The lowest BCUT2D eigenvalue weighted by Gasteiger charge is -2.43. The second kappa shape index (κ2) is 5.92. The molecule has 4 nitrogen and oxygen atoms in total. The smallest absolute Gasteiger partial charge is 0.160 e. The molecule has 2 atom stereocenters. The van der Waals surface area contributed by atoms with Crippen molar-refractivity contribution in [3.05, 3.63) is 23.3 Å². The number of fused-ring (bicyclic) bond motifs is 3. The number of ether oxygens (including phenoxy) is 1. The number of hydrogen-bond donors (Lipinski definition) is 1. The third-order valence-electron chi connectivity index (χ3n) is 4.97. The van der Waals surface area contributed by atoms with Crippen LogP contribution < -0.4 is 4.74 Å². The number of piperidine rings is 1. The third-order valence-corrected chi connectivity index (χ3v) is 4.97. The number of phenolic OH excluding ortho intramolecular Hbond substituents is 1. The molecule has 2 aliphatic heterocycles. The molecule has 0 spiro atoms. The predicted molar refractivity (Wildman–Crippen MR) is 85.2 cm³/mol. The molecule has 1 unspecified atom stereocenters. The lowest BCUT2D eigenvalue weighted by atomic mass is 9.80. The van der Waals surface area contributed by atoms with E-state index in [2.05, 4.69) is 18.7 Å². The highest BCUT2D eigenvalue weighted by Crippen LogP contribution is 2.42. The van der Waals surface area contributed by atoms with Crippen molar-refractivity contribution in [1.82, 2.24) is 4.90 Å². The molecule has 2 heterocycles. The zero-order valence-electron chi connectivity index (χ0n) is 13.6. The number of nitrogens with zero attached hydrogens (tertiary/aromatic N) is 1. The molecule has 2 aliphatic rings. The largest absolute Gasteiger partial charge is 0.504 e. The number of ketones is 1. The second-order valence-electron chi connectivity index (χ2n) is 6.98. The maximum atomic E-state index is 12.5. The summed E-state index contributed by atoms with van der Waals surface area (Å²) in [5, 5.41) is 9.95. The van der Waals surface area contributed by atoms with E-state index in [1.54, 1.807) is 13.2 Å². The van der Waals surface area contributed by atoms with Crippen LogP contribution in [-0.2, 0) is 11.2 Å². The van der Waals surface area contributed by atoms with E-state index in [0.717, 1.165) is 37.1 Å². The normalized spacial score (nSPS) is 25.0. The van der Waals surface area contributed by atoms with Gasteiger partial charge in [-0.1, -0.05) is 13.8 Å². The highest BCUT2D eigenvalue weighted by molar-refractivity contribution is 5.83. The minimum atomic E-state index is 0.147. The number of Topliss-reactive ketones (excluding diaryl/α,β-unsaturated/α-hetero) is 1. The number of methoxy groups -OCH3 is 1. The van der Waals surface area contributed by atoms with E-state index in [9.17, 15) is 9.90 Å². The predicted octanol–water partition coefficient (Wildman–Crippen LogP) is 2.94. The van der Waals surface area contributed by atoms with Gasteiger partial charge in [0.25, 0.3) is 0 Å². The Bertz CT molecular complexity index is 582. The fourth-order valence-electron chi connectivity index (χ4n) is 3.91. The van der Waals surface area contributed by atoms with E-state index in [-0.39, 0.29) is 17.7 Å². The van der Waals surface area contributed by atoms with Crippen LogP contribution in [0.2, 0.25) is 0 Å². The van der Waals surface area contributed by atoms with Crippen LogP contribution in [0.15, 0.2) is 12.1 Å². The van der Waals surface area contributed by atoms with Gasteiger partial charge >= 0.3 is 0 Å². The van der Waals surface area contributed by atoms with Gasteiger partial charge < -0.3 is 9.84 Å². The molecule has 0 aromatic heterocycles. The number of carbonyl (C=O) groups excluding carboxylic acids is 1. The number of rotatable bonds is 3. The van der Waals surface area contributed by atoms with Crippen molar-refractivity contribution in [2.45, 2.75) is 39.2 Å². The maximum Gasteiger partial charge on any atom is 0.160 e. The van der Waals surface area contributed by atoms with Crippen LogP contribution in [0.25, 0.3) is 0 Å². The number of hydrogen-bond acceptors (Lipinski definition) is 4. The monoisotopic (exact) mass is 303 g/mol. The Labute approximate surface area is 132 Å². The quantitative estimate of drug-likeness (QED) is 0.933. The minimum Gasteiger partial charge on any atom is -0.504 e. The molecule has 1 N–H and O–H groups in total. The van der Waals surface area contributed by atoms with Crippen LogP contribution in [0.5, 0.6) is 11.5 Å². The fraction of sp³-hybridized carbons (Fsp3) is 0.611. The average Bonchev–Trinajstić information content (AvgIpc) is 2.47. The molecule has 1 saturated heterocycles. The molecule has 0 saturated carbocycles. The fourth-order valence-corrected chi connectivity index (χ4v) is 3.91. The standard InChI is InChI=1S/C18H25NO3/c1-11(2)6-13-10-19-5-4-12-7-17(21)18(22-3)8-14(12)15(19)9-16(13)20/h7-8,11,13,15,21H,4-6,9-10H2,1-3H3/t13-,15?/m1/s1. The van der Waals surface area contributed by atoms with E-state index in [1.165, 1.54) is 0 Å². The minimum absolute atomic E-state index is 0.147. The van der Waals surface area contributed by atoms with Crippen LogP contribution in [0.3, 0.4) is 0 Å². The van der Waals surface area contributed by atoms with Gasteiger partial charge in [0.2, 0.25) is 0 Å². The molecule has 1 fully saturated rings.